The number of rotatable bonds is 6. The molecule has 5 nitrogen and oxygen atoms in total. The summed E-state index contributed by atoms with van der Waals surface area (Å²) in [7, 11) is 0. The Bertz CT molecular complexity index is 987. The van der Waals surface area contributed by atoms with Crippen molar-refractivity contribution in [3.05, 3.63) is 63.0 Å². The second kappa shape index (κ2) is 8.94. The van der Waals surface area contributed by atoms with E-state index in [0.717, 1.165) is 28.9 Å². The number of carbonyl (C=O) groups excluding carboxylic acids is 1. The summed E-state index contributed by atoms with van der Waals surface area (Å²) in [6.45, 7) is 4.59. The Kier molecular flexibility index (Phi) is 6.59. The summed E-state index contributed by atoms with van der Waals surface area (Å²) in [5.74, 6) is 0.336. The average molecular weight is 442 g/mol. The number of aromatic nitrogens is 2. The fourth-order valence-corrected chi connectivity index (χ4v) is 3.69. The Morgan fingerprint density at radius 2 is 2.11 bits per heavy atom. The lowest BCUT2D eigenvalue weighted by molar-refractivity contribution is 0.211. The van der Waals surface area contributed by atoms with Gasteiger partial charge in [-0.3, -0.25) is 5.32 Å². The molecule has 0 unspecified atom stereocenters. The fourth-order valence-electron chi connectivity index (χ4n) is 2.69. The van der Waals surface area contributed by atoms with Gasteiger partial charge in [0.15, 0.2) is 5.13 Å². The van der Waals surface area contributed by atoms with E-state index in [0.29, 0.717) is 27.8 Å². The molecule has 0 radical (unpaired) electrons. The number of benzene rings is 1. The van der Waals surface area contributed by atoms with Gasteiger partial charge in [-0.25, -0.2) is 14.2 Å². The predicted molar refractivity (Wildman–Crippen MR) is 110 cm³/mol. The number of thiazole rings is 1. The summed E-state index contributed by atoms with van der Waals surface area (Å²) in [6, 6.07) is 6.33. The van der Waals surface area contributed by atoms with Crippen LogP contribution in [0.3, 0.4) is 0 Å². The van der Waals surface area contributed by atoms with Crippen LogP contribution in [0.1, 0.15) is 25.0 Å². The molecule has 0 bridgehead atoms. The first kappa shape index (κ1) is 20.6. The molecule has 148 valence electrons. The van der Waals surface area contributed by atoms with Gasteiger partial charge in [0.1, 0.15) is 10.2 Å². The van der Waals surface area contributed by atoms with Gasteiger partial charge in [-0.2, -0.15) is 0 Å². The number of nitrogens with zero attached hydrogens (tertiary/aromatic N) is 2. The number of hydrogen-bond acceptors (Lipinski definition) is 4. The third kappa shape index (κ3) is 5.47. The average Bonchev–Trinajstić information content (AvgIpc) is 3.16. The van der Waals surface area contributed by atoms with E-state index in [9.17, 15) is 9.18 Å². The third-order valence-electron chi connectivity index (χ3n) is 3.78. The maximum atomic E-state index is 13.4. The van der Waals surface area contributed by atoms with Crippen LogP contribution in [0.4, 0.5) is 14.3 Å². The molecular formula is C19H18Cl2FN3O2S. The molecule has 1 N–H and O–H groups in total. The van der Waals surface area contributed by atoms with Crippen molar-refractivity contribution in [2.24, 2.45) is 5.92 Å². The number of hydrogen-bond donors (Lipinski definition) is 1. The minimum Gasteiger partial charge on any atom is -0.393 e. The van der Waals surface area contributed by atoms with Crippen molar-refractivity contribution in [2.75, 3.05) is 5.32 Å². The van der Waals surface area contributed by atoms with E-state index in [1.807, 2.05) is 12.3 Å². The van der Waals surface area contributed by atoms with E-state index in [4.69, 9.17) is 27.9 Å². The molecule has 0 saturated heterocycles. The van der Waals surface area contributed by atoms with E-state index in [1.165, 1.54) is 12.3 Å². The van der Waals surface area contributed by atoms with Gasteiger partial charge in [-0.15, -0.1) is 0 Å². The summed E-state index contributed by atoms with van der Waals surface area (Å²) in [6.07, 6.45) is 3.53. The largest absolute Gasteiger partial charge is 0.420 e. The van der Waals surface area contributed by atoms with Crippen molar-refractivity contribution in [3.8, 4) is 5.88 Å². The molecule has 0 fully saturated rings. The van der Waals surface area contributed by atoms with Gasteiger partial charge in [0.2, 0.25) is 5.88 Å². The zero-order valence-corrected chi connectivity index (χ0v) is 17.5. The van der Waals surface area contributed by atoms with Crippen LogP contribution in [0.25, 0.3) is 0 Å². The maximum Gasteiger partial charge on any atom is 0.420 e. The Morgan fingerprint density at radius 3 is 2.75 bits per heavy atom. The highest BCUT2D eigenvalue weighted by atomic mass is 35.5. The highest BCUT2D eigenvalue weighted by molar-refractivity contribution is 7.19. The van der Waals surface area contributed by atoms with Gasteiger partial charge in [0.05, 0.1) is 17.8 Å². The van der Waals surface area contributed by atoms with Gasteiger partial charge in [0.25, 0.3) is 0 Å². The summed E-state index contributed by atoms with van der Waals surface area (Å²) >= 11 is 12.8. The van der Waals surface area contributed by atoms with Crippen LogP contribution in [0.2, 0.25) is 9.36 Å². The molecule has 1 amide bonds. The summed E-state index contributed by atoms with van der Waals surface area (Å²) < 4.78 is 21.1. The number of ether oxygens (including phenoxy) is 1. The minimum absolute atomic E-state index is 0.0490. The molecule has 3 rings (SSSR count). The molecule has 0 aliphatic carbocycles. The second-order valence-electron chi connectivity index (χ2n) is 6.64. The Hall–Kier alpha value is -2.09. The normalized spacial score (nSPS) is 11.1. The lowest BCUT2D eigenvalue weighted by Gasteiger charge is -2.10. The Balaban J connectivity index is 1.80. The van der Waals surface area contributed by atoms with Crippen LogP contribution in [0, 0.1) is 11.7 Å². The molecule has 2 aromatic heterocycles. The van der Waals surface area contributed by atoms with E-state index in [2.05, 4.69) is 24.1 Å². The van der Waals surface area contributed by atoms with Crippen molar-refractivity contribution < 1.29 is 13.9 Å². The van der Waals surface area contributed by atoms with Gasteiger partial charge >= 0.3 is 6.09 Å². The van der Waals surface area contributed by atoms with Crippen LogP contribution < -0.4 is 10.1 Å². The highest BCUT2D eigenvalue weighted by Gasteiger charge is 2.15. The van der Waals surface area contributed by atoms with Crippen molar-refractivity contribution in [2.45, 2.75) is 26.8 Å². The Labute approximate surface area is 176 Å². The van der Waals surface area contributed by atoms with Crippen LogP contribution >= 0.6 is 34.5 Å². The van der Waals surface area contributed by atoms with Crippen LogP contribution in [0.5, 0.6) is 5.88 Å². The zero-order valence-electron chi connectivity index (χ0n) is 15.2. The van der Waals surface area contributed by atoms with E-state index in [-0.39, 0.29) is 5.02 Å². The van der Waals surface area contributed by atoms with Crippen molar-refractivity contribution in [3.63, 3.8) is 0 Å². The van der Waals surface area contributed by atoms with E-state index in [1.54, 1.807) is 16.7 Å². The summed E-state index contributed by atoms with van der Waals surface area (Å²) in [5.41, 5.74) is 1.82. The number of halogens is 3. The monoisotopic (exact) mass is 441 g/mol. The topological polar surface area (TPSA) is 56.1 Å². The quantitative estimate of drug-likeness (QED) is 0.491. The first-order valence-electron chi connectivity index (χ1n) is 8.53. The van der Waals surface area contributed by atoms with Crippen LogP contribution in [0.15, 0.2) is 36.7 Å². The van der Waals surface area contributed by atoms with Crippen LogP contribution in [-0.4, -0.2) is 15.6 Å². The SMILES string of the molecule is CC(C)Cc1cc(OC(=O)Nc2ncc(Cl)s2)n(Cc2ccc(F)c(Cl)c2)c1. The second-order valence-corrected chi connectivity index (χ2v) is 8.71. The van der Waals surface area contributed by atoms with Crippen molar-refractivity contribution in [1.82, 2.24) is 9.55 Å². The number of carbonyl (C=O) groups is 1. The molecule has 28 heavy (non-hydrogen) atoms. The molecule has 0 aliphatic rings. The maximum absolute atomic E-state index is 13.4. The standard InChI is InChI=1S/C19H18Cl2FN3O2S/c1-11(2)5-13-7-17(27-19(26)24-18-23-8-16(21)28-18)25(10-13)9-12-3-4-15(22)14(20)6-12/h3-4,6-8,10-11H,5,9H2,1-2H3,(H,23,24,26). The lowest BCUT2D eigenvalue weighted by Crippen LogP contribution is -2.18. The molecule has 3 aromatic rings. The van der Waals surface area contributed by atoms with Gasteiger partial charge < -0.3 is 9.30 Å². The van der Waals surface area contributed by atoms with Crippen LogP contribution in [-0.2, 0) is 13.0 Å². The fraction of sp³-hybridized carbons (Fsp3) is 0.263. The highest BCUT2D eigenvalue weighted by Crippen LogP contribution is 2.25. The lowest BCUT2D eigenvalue weighted by atomic mass is 10.1. The van der Waals surface area contributed by atoms with Gasteiger partial charge in [-0.1, -0.05) is 54.5 Å². The first-order chi connectivity index (χ1) is 13.3. The molecule has 2 heterocycles. The molecule has 1 aromatic carbocycles. The van der Waals surface area contributed by atoms with Gasteiger partial charge in [-0.05, 0) is 35.6 Å². The van der Waals surface area contributed by atoms with Crippen molar-refractivity contribution in [1.29, 1.82) is 0 Å². The molecule has 0 spiro atoms. The number of nitrogens with one attached hydrogen (secondary N) is 1. The molecule has 0 atom stereocenters. The minimum atomic E-state index is -0.668. The zero-order chi connectivity index (χ0) is 20.3. The van der Waals surface area contributed by atoms with E-state index < -0.39 is 11.9 Å². The first-order valence-corrected chi connectivity index (χ1v) is 10.1. The van der Waals surface area contributed by atoms with Crippen molar-refractivity contribution >= 4 is 45.8 Å². The number of amides is 1. The molecule has 0 aliphatic heterocycles. The molecule has 0 saturated carbocycles. The summed E-state index contributed by atoms with van der Waals surface area (Å²) in [5, 5.41) is 2.94. The number of anilines is 1. The summed E-state index contributed by atoms with van der Waals surface area (Å²) in [4.78, 5) is 16.2. The predicted octanol–water partition coefficient (Wildman–Crippen LogP) is 6.25. The third-order valence-corrected chi connectivity index (χ3v) is 5.10. The Morgan fingerprint density at radius 1 is 1.32 bits per heavy atom. The molecule has 9 heteroatoms. The smallest absolute Gasteiger partial charge is 0.393 e. The molecular weight excluding hydrogens is 424 g/mol. The van der Waals surface area contributed by atoms with E-state index >= 15 is 0 Å². The van der Waals surface area contributed by atoms with Gasteiger partial charge in [0, 0.05) is 12.3 Å².